The fraction of sp³-hybridized carbons (Fsp3) is 0.462. The number of carbonyl (C=O) groups excluding carboxylic acids is 1. The maximum absolute atomic E-state index is 12.0. The van der Waals surface area contributed by atoms with Gasteiger partial charge < -0.3 is 5.32 Å². The minimum Gasteiger partial charge on any atom is -0.349 e. The average Bonchev–Trinajstić information content (AvgIpc) is 2.19. The highest BCUT2D eigenvalue weighted by atomic mass is 79.9. The van der Waals surface area contributed by atoms with Gasteiger partial charge in [0.25, 0.3) is 5.91 Å². The Morgan fingerprint density at radius 1 is 1.44 bits per heavy atom. The molecule has 0 radical (unpaired) electrons. The van der Waals surface area contributed by atoms with Crippen molar-refractivity contribution >= 4 is 21.8 Å². The largest absolute Gasteiger partial charge is 0.349 e. The molecule has 2 nitrogen and oxygen atoms in total. The van der Waals surface area contributed by atoms with Crippen LogP contribution in [0.15, 0.2) is 22.7 Å². The molecule has 0 heterocycles. The normalized spacial score (nSPS) is 23.7. The second kappa shape index (κ2) is 4.58. The molecule has 1 aliphatic rings. The van der Waals surface area contributed by atoms with Crippen molar-refractivity contribution in [3.8, 4) is 0 Å². The Kier molecular flexibility index (Phi) is 3.33. The summed E-state index contributed by atoms with van der Waals surface area (Å²) in [6.45, 7) is 4.18. The van der Waals surface area contributed by atoms with E-state index in [1.807, 2.05) is 25.1 Å². The molecule has 0 atom stereocenters. The third-order valence-electron chi connectivity index (χ3n) is 3.22. The maximum Gasteiger partial charge on any atom is 0.251 e. The molecule has 0 saturated heterocycles. The first-order valence-corrected chi connectivity index (χ1v) is 6.43. The number of halogens is 1. The minimum atomic E-state index is 0.0516. The summed E-state index contributed by atoms with van der Waals surface area (Å²) >= 11 is 3.44. The summed E-state index contributed by atoms with van der Waals surface area (Å²) in [7, 11) is 0. The van der Waals surface area contributed by atoms with E-state index in [4.69, 9.17) is 0 Å². The number of hydrogen-bond acceptors (Lipinski definition) is 1. The molecule has 1 aromatic carbocycles. The van der Waals surface area contributed by atoms with Crippen LogP contribution < -0.4 is 5.32 Å². The van der Waals surface area contributed by atoms with Crippen LogP contribution in [0.3, 0.4) is 0 Å². The Bertz CT molecular complexity index is 410. The molecule has 16 heavy (non-hydrogen) atoms. The third-order valence-corrected chi connectivity index (χ3v) is 4.08. The van der Waals surface area contributed by atoms with Crippen LogP contribution in [0.25, 0.3) is 0 Å². The van der Waals surface area contributed by atoms with E-state index in [9.17, 15) is 4.79 Å². The van der Waals surface area contributed by atoms with Gasteiger partial charge in [-0.2, -0.15) is 0 Å². The highest BCUT2D eigenvalue weighted by molar-refractivity contribution is 9.10. The number of benzene rings is 1. The van der Waals surface area contributed by atoms with Crippen LogP contribution in [0.5, 0.6) is 0 Å². The molecule has 1 N–H and O–H groups in total. The lowest BCUT2D eigenvalue weighted by molar-refractivity contribution is 0.0895. The Morgan fingerprint density at radius 3 is 2.75 bits per heavy atom. The van der Waals surface area contributed by atoms with Gasteiger partial charge >= 0.3 is 0 Å². The van der Waals surface area contributed by atoms with Gasteiger partial charge in [-0.1, -0.05) is 28.9 Å². The van der Waals surface area contributed by atoms with Gasteiger partial charge in [0.15, 0.2) is 0 Å². The second-order valence-electron chi connectivity index (χ2n) is 4.66. The van der Waals surface area contributed by atoms with Crippen molar-refractivity contribution in [3.05, 3.63) is 33.8 Å². The lowest BCUT2D eigenvalue weighted by atomic mass is 9.82. The van der Waals surface area contributed by atoms with Crippen LogP contribution in [0.2, 0.25) is 0 Å². The fourth-order valence-corrected chi connectivity index (χ4v) is 2.50. The van der Waals surface area contributed by atoms with E-state index in [0.717, 1.165) is 34.4 Å². The highest BCUT2D eigenvalue weighted by Gasteiger charge is 2.27. The molecule has 3 heteroatoms. The molecule has 86 valence electrons. The molecule has 0 aromatic heterocycles. The number of carbonyl (C=O) groups is 1. The van der Waals surface area contributed by atoms with Gasteiger partial charge in [-0.05, 0) is 43.4 Å². The van der Waals surface area contributed by atoms with E-state index >= 15 is 0 Å². The van der Waals surface area contributed by atoms with E-state index in [-0.39, 0.29) is 5.91 Å². The minimum absolute atomic E-state index is 0.0516. The molecule has 2 rings (SSSR count). The summed E-state index contributed by atoms with van der Waals surface area (Å²) in [5.41, 5.74) is 1.78. The van der Waals surface area contributed by atoms with Crippen molar-refractivity contribution in [2.45, 2.75) is 32.7 Å². The molecular formula is C13H16BrNO. The fourth-order valence-electron chi connectivity index (χ4n) is 2.14. The molecule has 0 spiro atoms. The Balaban J connectivity index is 2.06. The number of rotatable bonds is 2. The Morgan fingerprint density at radius 2 is 2.12 bits per heavy atom. The number of nitrogens with one attached hydrogen (secondary N) is 1. The molecule has 1 aromatic rings. The monoisotopic (exact) mass is 281 g/mol. The van der Waals surface area contributed by atoms with Crippen molar-refractivity contribution in [2.75, 3.05) is 0 Å². The van der Waals surface area contributed by atoms with E-state index in [0.29, 0.717) is 6.04 Å². The zero-order valence-electron chi connectivity index (χ0n) is 9.59. The van der Waals surface area contributed by atoms with Crippen LogP contribution in [0, 0.1) is 12.8 Å². The molecule has 1 amide bonds. The maximum atomic E-state index is 12.0. The molecule has 1 aliphatic carbocycles. The Labute approximate surface area is 105 Å². The number of hydrogen-bond donors (Lipinski definition) is 1. The first-order valence-electron chi connectivity index (χ1n) is 5.64. The topological polar surface area (TPSA) is 29.1 Å². The zero-order valence-corrected chi connectivity index (χ0v) is 11.2. The van der Waals surface area contributed by atoms with Crippen LogP contribution in [-0.2, 0) is 0 Å². The number of amides is 1. The van der Waals surface area contributed by atoms with Gasteiger partial charge in [0.05, 0.1) is 0 Å². The quantitative estimate of drug-likeness (QED) is 0.886. The van der Waals surface area contributed by atoms with Gasteiger partial charge in [-0.15, -0.1) is 0 Å². The van der Waals surface area contributed by atoms with E-state index in [1.165, 1.54) is 0 Å². The molecule has 0 aliphatic heterocycles. The summed E-state index contributed by atoms with van der Waals surface area (Å²) in [5, 5.41) is 3.07. The van der Waals surface area contributed by atoms with Gasteiger partial charge in [0, 0.05) is 16.1 Å². The highest BCUT2D eigenvalue weighted by Crippen LogP contribution is 2.27. The zero-order chi connectivity index (χ0) is 11.7. The van der Waals surface area contributed by atoms with E-state index < -0.39 is 0 Å². The SMILES string of the molecule is Cc1c(Br)cccc1C(=O)NC1CC(C)C1. The first-order chi connectivity index (χ1) is 7.58. The molecule has 0 unspecified atom stereocenters. The average molecular weight is 282 g/mol. The van der Waals surface area contributed by atoms with Crippen molar-refractivity contribution in [3.63, 3.8) is 0 Å². The molecule has 1 fully saturated rings. The standard InChI is InChI=1S/C13H16BrNO/c1-8-6-10(7-8)15-13(16)11-4-3-5-12(14)9(11)2/h3-5,8,10H,6-7H2,1-2H3,(H,15,16). The summed E-state index contributed by atoms with van der Waals surface area (Å²) in [5.74, 6) is 0.810. The second-order valence-corrected chi connectivity index (χ2v) is 5.51. The lowest BCUT2D eigenvalue weighted by Gasteiger charge is -2.33. The van der Waals surface area contributed by atoms with Crippen molar-refractivity contribution in [2.24, 2.45) is 5.92 Å². The van der Waals surface area contributed by atoms with Gasteiger partial charge in [-0.3, -0.25) is 4.79 Å². The van der Waals surface area contributed by atoms with Gasteiger partial charge in [-0.25, -0.2) is 0 Å². The summed E-state index contributed by atoms with van der Waals surface area (Å²) in [4.78, 5) is 12.0. The van der Waals surface area contributed by atoms with Gasteiger partial charge in [0.2, 0.25) is 0 Å². The van der Waals surface area contributed by atoms with Crippen LogP contribution in [0.1, 0.15) is 35.7 Å². The van der Waals surface area contributed by atoms with Crippen LogP contribution >= 0.6 is 15.9 Å². The van der Waals surface area contributed by atoms with Crippen molar-refractivity contribution < 1.29 is 4.79 Å². The van der Waals surface area contributed by atoms with Crippen molar-refractivity contribution in [1.29, 1.82) is 0 Å². The summed E-state index contributed by atoms with van der Waals surface area (Å²) in [6, 6.07) is 6.10. The lowest BCUT2D eigenvalue weighted by Crippen LogP contribution is -2.43. The van der Waals surface area contributed by atoms with E-state index in [1.54, 1.807) is 0 Å². The molecule has 1 saturated carbocycles. The van der Waals surface area contributed by atoms with Crippen molar-refractivity contribution in [1.82, 2.24) is 5.32 Å². The first kappa shape index (κ1) is 11.6. The molecule has 0 bridgehead atoms. The Hall–Kier alpha value is -0.830. The van der Waals surface area contributed by atoms with Crippen LogP contribution in [-0.4, -0.2) is 11.9 Å². The smallest absolute Gasteiger partial charge is 0.251 e. The van der Waals surface area contributed by atoms with Crippen LogP contribution in [0.4, 0.5) is 0 Å². The molecular weight excluding hydrogens is 266 g/mol. The van der Waals surface area contributed by atoms with Gasteiger partial charge in [0.1, 0.15) is 0 Å². The summed E-state index contributed by atoms with van der Waals surface area (Å²) in [6.07, 6.45) is 2.22. The predicted molar refractivity (Wildman–Crippen MR) is 68.5 cm³/mol. The predicted octanol–water partition coefficient (Wildman–Crippen LogP) is 3.29. The third kappa shape index (κ3) is 2.29. The van der Waals surface area contributed by atoms with E-state index in [2.05, 4.69) is 28.2 Å². The summed E-state index contributed by atoms with van der Waals surface area (Å²) < 4.78 is 0.988.